The number of hydrogen-bond acceptors (Lipinski definition) is 4. The summed E-state index contributed by atoms with van der Waals surface area (Å²) in [6.45, 7) is 0.252. The Hall–Kier alpha value is -1.98. The first-order chi connectivity index (χ1) is 9.13. The summed E-state index contributed by atoms with van der Waals surface area (Å²) in [4.78, 5) is 11.9. The smallest absolute Gasteiger partial charge is 0.291 e. The van der Waals surface area contributed by atoms with Crippen molar-refractivity contribution in [2.45, 2.75) is 6.54 Å². The van der Waals surface area contributed by atoms with Gasteiger partial charge in [0, 0.05) is 11.8 Å². The molecule has 100 valence electrons. The van der Waals surface area contributed by atoms with E-state index in [-0.39, 0.29) is 18.2 Å². The second kappa shape index (κ2) is 5.77. The number of rotatable bonds is 4. The van der Waals surface area contributed by atoms with Gasteiger partial charge in [-0.05, 0) is 24.3 Å². The van der Waals surface area contributed by atoms with E-state index in [1.807, 2.05) is 0 Å². The van der Waals surface area contributed by atoms with Crippen molar-refractivity contribution in [3.63, 3.8) is 0 Å². The van der Waals surface area contributed by atoms with Gasteiger partial charge in [-0.2, -0.15) is 0 Å². The van der Waals surface area contributed by atoms with Crippen molar-refractivity contribution in [1.82, 2.24) is 0 Å². The van der Waals surface area contributed by atoms with Gasteiger partial charge in [0.25, 0.3) is 5.91 Å². The highest BCUT2D eigenvalue weighted by molar-refractivity contribution is 6.32. The van der Waals surface area contributed by atoms with Crippen LogP contribution in [0, 0.1) is 0 Å². The van der Waals surface area contributed by atoms with E-state index in [2.05, 4.69) is 5.32 Å². The van der Waals surface area contributed by atoms with Crippen LogP contribution >= 0.6 is 11.6 Å². The topological polar surface area (TPSA) is 77.5 Å². The highest BCUT2D eigenvalue weighted by atomic mass is 35.5. The number of anilines is 1. The average molecular weight is 281 g/mol. The second-order valence-electron chi connectivity index (χ2n) is 3.77. The van der Waals surface area contributed by atoms with E-state index < -0.39 is 0 Å². The molecule has 0 fully saturated rings. The monoisotopic (exact) mass is 280 g/mol. The van der Waals surface area contributed by atoms with Crippen molar-refractivity contribution in [3.05, 3.63) is 46.9 Å². The molecule has 0 unspecified atom stereocenters. The van der Waals surface area contributed by atoms with E-state index >= 15 is 0 Å². The molecule has 0 saturated heterocycles. The number of furan rings is 1. The molecule has 0 bridgehead atoms. The minimum atomic E-state index is -0.357. The van der Waals surface area contributed by atoms with Crippen molar-refractivity contribution in [2.75, 3.05) is 12.4 Å². The molecule has 0 radical (unpaired) electrons. The maximum Gasteiger partial charge on any atom is 0.291 e. The first-order valence-electron chi connectivity index (χ1n) is 5.57. The van der Waals surface area contributed by atoms with Gasteiger partial charge >= 0.3 is 0 Å². The highest BCUT2D eigenvalue weighted by Crippen LogP contribution is 2.27. The van der Waals surface area contributed by atoms with Crippen molar-refractivity contribution in [2.24, 2.45) is 5.73 Å². The molecule has 0 atom stereocenters. The van der Waals surface area contributed by atoms with Crippen LogP contribution in [0.2, 0.25) is 5.02 Å². The number of hydrogen-bond donors (Lipinski definition) is 2. The fourth-order valence-corrected chi connectivity index (χ4v) is 1.73. The fraction of sp³-hybridized carbons (Fsp3) is 0.154. The Morgan fingerprint density at radius 1 is 1.42 bits per heavy atom. The highest BCUT2D eigenvalue weighted by Gasteiger charge is 2.12. The number of methoxy groups -OCH3 is 1. The first-order valence-corrected chi connectivity index (χ1v) is 5.95. The molecule has 0 saturated carbocycles. The number of carbonyl (C=O) groups excluding carboxylic acids is 1. The zero-order valence-corrected chi connectivity index (χ0v) is 11.0. The van der Waals surface area contributed by atoms with Crippen LogP contribution in [-0.2, 0) is 6.54 Å². The van der Waals surface area contributed by atoms with Crippen molar-refractivity contribution in [1.29, 1.82) is 0 Å². The molecule has 3 N–H and O–H groups in total. The molecular formula is C13H13ClN2O3. The number of benzene rings is 1. The fourth-order valence-electron chi connectivity index (χ4n) is 1.54. The van der Waals surface area contributed by atoms with Gasteiger partial charge in [0.15, 0.2) is 5.76 Å². The third kappa shape index (κ3) is 3.07. The van der Waals surface area contributed by atoms with Crippen LogP contribution in [0.15, 0.2) is 34.7 Å². The molecule has 19 heavy (non-hydrogen) atoms. The summed E-state index contributed by atoms with van der Waals surface area (Å²) in [5, 5.41) is 3.16. The summed E-state index contributed by atoms with van der Waals surface area (Å²) >= 11 is 5.90. The maximum absolute atomic E-state index is 11.9. The first kappa shape index (κ1) is 13.5. The third-order valence-corrected chi connectivity index (χ3v) is 2.81. The normalized spacial score (nSPS) is 10.3. The zero-order valence-electron chi connectivity index (χ0n) is 10.3. The Morgan fingerprint density at radius 2 is 2.21 bits per heavy atom. The molecule has 0 aliphatic carbocycles. The predicted molar refractivity (Wildman–Crippen MR) is 72.6 cm³/mol. The number of halogens is 1. The Labute approximate surface area is 115 Å². The van der Waals surface area contributed by atoms with E-state index in [1.54, 1.807) is 30.3 Å². The Morgan fingerprint density at radius 3 is 2.84 bits per heavy atom. The predicted octanol–water partition coefficient (Wildman–Crippen LogP) is 2.65. The summed E-state index contributed by atoms with van der Waals surface area (Å²) in [6.07, 6.45) is 0. The van der Waals surface area contributed by atoms with Gasteiger partial charge in [-0.3, -0.25) is 4.79 Å². The lowest BCUT2D eigenvalue weighted by molar-refractivity contribution is 0.0995. The number of nitrogens with two attached hydrogens (primary N) is 1. The second-order valence-corrected chi connectivity index (χ2v) is 4.18. The molecule has 2 aromatic rings. The minimum Gasteiger partial charge on any atom is -0.495 e. The molecule has 1 aromatic carbocycles. The van der Waals surface area contributed by atoms with Crippen molar-refractivity contribution < 1.29 is 13.9 Å². The number of nitrogens with one attached hydrogen (secondary N) is 1. The average Bonchev–Trinajstić information content (AvgIpc) is 2.90. The Kier molecular flexibility index (Phi) is 4.09. The number of carbonyl (C=O) groups is 1. The van der Waals surface area contributed by atoms with Gasteiger partial charge < -0.3 is 20.2 Å². The number of amides is 1. The van der Waals surface area contributed by atoms with Crippen LogP contribution in [0.1, 0.15) is 16.3 Å². The standard InChI is InChI=1S/C13H13ClN2O3/c1-18-12-6-8(2-4-10(12)14)16-13(17)11-5-3-9(7-15)19-11/h2-6H,7,15H2,1H3,(H,16,17). The SMILES string of the molecule is COc1cc(NC(=O)c2ccc(CN)o2)ccc1Cl. The molecule has 1 heterocycles. The van der Waals surface area contributed by atoms with Gasteiger partial charge in [-0.25, -0.2) is 0 Å². The lowest BCUT2D eigenvalue weighted by atomic mass is 10.3. The number of ether oxygens (including phenoxy) is 1. The van der Waals surface area contributed by atoms with E-state index in [9.17, 15) is 4.79 Å². The Bertz CT molecular complexity index is 595. The molecule has 1 amide bonds. The van der Waals surface area contributed by atoms with Crippen LogP contribution in [0.5, 0.6) is 5.75 Å². The van der Waals surface area contributed by atoms with Gasteiger partial charge in [0.05, 0.1) is 18.7 Å². The summed E-state index contributed by atoms with van der Waals surface area (Å²) in [7, 11) is 1.51. The van der Waals surface area contributed by atoms with Gasteiger partial charge in [0.2, 0.25) is 0 Å². The molecule has 6 heteroatoms. The van der Waals surface area contributed by atoms with Crippen LogP contribution in [0.3, 0.4) is 0 Å². The van der Waals surface area contributed by atoms with E-state index in [0.29, 0.717) is 22.2 Å². The van der Waals surface area contributed by atoms with E-state index in [1.165, 1.54) is 7.11 Å². The summed E-state index contributed by atoms with van der Waals surface area (Å²) in [5.74, 6) is 0.888. The van der Waals surface area contributed by atoms with Crippen molar-refractivity contribution in [3.8, 4) is 5.75 Å². The van der Waals surface area contributed by atoms with Gasteiger partial charge in [0.1, 0.15) is 11.5 Å². The zero-order chi connectivity index (χ0) is 13.8. The molecule has 1 aromatic heterocycles. The van der Waals surface area contributed by atoms with Crippen LogP contribution < -0.4 is 15.8 Å². The summed E-state index contributed by atoms with van der Waals surface area (Å²) in [5.41, 5.74) is 5.98. The molecule has 0 aliphatic rings. The lowest BCUT2D eigenvalue weighted by Gasteiger charge is -2.07. The van der Waals surface area contributed by atoms with Crippen LogP contribution in [-0.4, -0.2) is 13.0 Å². The summed E-state index contributed by atoms with van der Waals surface area (Å²) in [6, 6.07) is 8.19. The van der Waals surface area contributed by atoms with E-state index in [4.69, 9.17) is 26.5 Å². The third-order valence-electron chi connectivity index (χ3n) is 2.50. The maximum atomic E-state index is 11.9. The Balaban J connectivity index is 2.14. The van der Waals surface area contributed by atoms with Crippen LogP contribution in [0.25, 0.3) is 0 Å². The molecule has 5 nitrogen and oxygen atoms in total. The largest absolute Gasteiger partial charge is 0.495 e. The quantitative estimate of drug-likeness (QED) is 0.902. The minimum absolute atomic E-state index is 0.203. The van der Waals surface area contributed by atoms with E-state index in [0.717, 1.165) is 0 Å². The summed E-state index contributed by atoms with van der Waals surface area (Å²) < 4.78 is 10.3. The molecule has 0 aliphatic heterocycles. The lowest BCUT2D eigenvalue weighted by Crippen LogP contribution is -2.11. The molecule has 0 spiro atoms. The molecule has 2 rings (SSSR count). The van der Waals surface area contributed by atoms with Gasteiger partial charge in [-0.1, -0.05) is 11.6 Å². The molecular weight excluding hydrogens is 268 g/mol. The van der Waals surface area contributed by atoms with Crippen LogP contribution in [0.4, 0.5) is 5.69 Å². The van der Waals surface area contributed by atoms with Crippen molar-refractivity contribution >= 4 is 23.2 Å². The van der Waals surface area contributed by atoms with Gasteiger partial charge in [-0.15, -0.1) is 0 Å².